The fourth-order valence-corrected chi connectivity index (χ4v) is 4.18. The predicted molar refractivity (Wildman–Crippen MR) is 92.4 cm³/mol. The lowest BCUT2D eigenvalue weighted by Crippen LogP contribution is -2.28. The number of hydrogen-bond acceptors (Lipinski definition) is 6. The normalized spacial score (nSPS) is 20.8. The maximum absolute atomic E-state index is 4.60. The monoisotopic (exact) mass is 338 g/mol. The van der Waals surface area contributed by atoms with Crippen molar-refractivity contribution in [3.63, 3.8) is 0 Å². The predicted octanol–water partition coefficient (Wildman–Crippen LogP) is 2.09. The maximum Gasteiger partial charge on any atom is 0.254 e. The van der Waals surface area contributed by atoms with Gasteiger partial charge in [0.25, 0.3) is 5.78 Å². The number of fused-ring (bicyclic) bond motifs is 2. The number of hydrogen-bond donors (Lipinski definition) is 0. The molecule has 25 heavy (non-hydrogen) atoms. The van der Waals surface area contributed by atoms with E-state index in [-0.39, 0.29) is 6.04 Å². The van der Waals surface area contributed by atoms with Crippen LogP contribution in [0.4, 0.5) is 5.82 Å². The van der Waals surface area contributed by atoms with Crippen molar-refractivity contribution >= 4 is 11.6 Å². The third-order valence-electron chi connectivity index (χ3n) is 5.34. The van der Waals surface area contributed by atoms with E-state index >= 15 is 0 Å². The summed E-state index contributed by atoms with van der Waals surface area (Å²) in [5, 5.41) is 13.5. The first-order valence-corrected chi connectivity index (χ1v) is 9.17. The van der Waals surface area contributed by atoms with Gasteiger partial charge in [0.05, 0.1) is 6.04 Å². The van der Waals surface area contributed by atoms with Gasteiger partial charge < -0.3 is 9.47 Å². The van der Waals surface area contributed by atoms with Gasteiger partial charge in [0.2, 0.25) is 0 Å². The highest BCUT2D eigenvalue weighted by atomic mass is 15.4. The highest BCUT2D eigenvalue weighted by molar-refractivity contribution is 5.49. The Morgan fingerprint density at radius 3 is 3.00 bits per heavy atom. The molecule has 0 saturated carbocycles. The van der Waals surface area contributed by atoms with Crippen LogP contribution in [0, 0.1) is 6.92 Å². The Labute approximate surface area is 145 Å². The van der Waals surface area contributed by atoms with Gasteiger partial charge in [-0.3, -0.25) is 0 Å². The van der Waals surface area contributed by atoms with E-state index in [1.165, 1.54) is 19.3 Å². The lowest BCUT2D eigenvalue weighted by molar-refractivity contribution is 0.556. The summed E-state index contributed by atoms with van der Waals surface area (Å²) in [6.07, 6.45) is 8.56. The first kappa shape index (κ1) is 14.8. The highest BCUT2D eigenvalue weighted by Gasteiger charge is 2.33. The molecular weight excluding hydrogens is 316 g/mol. The Balaban J connectivity index is 1.58. The van der Waals surface area contributed by atoms with E-state index in [0.29, 0.717) is 5.78 Å². The van der Waals surface area contributed by atoms with Gasteiger partial charge in [0, 0.05) is 31.3 Å². The Hall–Kier alpha value is -2.51. The molecule has 8 heteroatoms. The smallest absolute Gasteiger partial charge is 0.254 e. The molecule has 3 aromatic heterocycles. The second-order valence-electron chi connectivity index (χ2n) is 7.02. The van der Waals surface area contributed by atoms with E-state index in [9.17, 15) is 0 Å². The average molecular weight is 338 g/mol. The largest absolute Gasteiger partial charge is 0.346 e. The van der Waals surface area contributed by atoms with Gasteiger partial charge in [-0.2, -0.15) is 14.6 Å². The van der Waals surface area contributed by atoms with Crippen molar-refractivity contribution in [2.75, 3.05) is 11.4 Å². The zero-order valence-electron chi connectivity index (χ0n) is 14.5. The van der Waals surface area contributed by atoms with Gasteiger partial charge in [-0.05, 0) is 32.6 Å². The molecule has 2 aliphatic rings. The summed E-state index contributed by atoms with van der Waals surface area (Å²) < 4.78 is 4.20. The van der Waals surface area contributed by atoms with Crippen molar-refractivity contribution in [2.24, 2.45) is 0 Å². The number of nitrogens with zero attached hydrogens (tertiary/aromatic N) is 8. The van der Waals surface area contributed by atoms with Crippen molar-refractivity contribution in [1.29, 1.82) is 0 Å². The minimum absolute atomic E-state index is 0.244. The van der Waals surface area contributed by atoms with E-state index in [1.807, 2.05) is 11.4 Å². The molecule has 0 spiro atoms. The molecule has 0 N–H and O–H groups in total. The SMILES string of the molecule is Cc1cc(N2CCCC2c2nnc3n2CCCCC3)n2ncnc2n1. The number of rotatable bonds is 2. The van der Waals surface area contributed by atoms with Gasteiger partial charge in [0.15, 0.2) is 5.82 Å². The van der Waals surface area contributed by atoms with Crippen molar-refractivity contribution in [3.05, 3.63) is 29.7 Å². The van der Waals surface area contributed by atoms with Gasteiger partial charge >= 0.3 is 0 Å². The summed E-state index contributed by atoms with van der Waals surface area (Å²) in [5.74, 6) is 3.96. The lowest BCUT2D eigenvalue weighted by atomic mass is 10.2. The molecule has 5 rings (SSSR count). The molecule has 0 aromatic carbocycles. The van der Waals surface area contributed by atoms with Crippen LogP contribution in [0.3, 0.4) is 0 Å². The summed E-state index contributed by atoms with van der Waals surface area (Å²) in [5.41, 5.74) is 0.959. The Bertz CT molecular complexity index is 911. The summed E-state index contributed by atoms with van der Waals surface area (Å²) in [7, 11) is 0. The summed E-state index contributed by atoms with van der Waals surface area (Å²) in [6, 6.07) is 2.34. The van der Waals surface area contributed by atoms with Crippen molar-refractivity contribution in [2.45, 2.75) is 58.0 Å². The topological polar surface area (TPSA) is 77.0 Å². The molecule has 1 atom stereocenters. The standard InChI is InChI=1S/C17H22N8/c1-12-10-15(25-17(20-12)18-11-19-25)23-9-5-6-13(23)16-22-21-14-7-3-2-4-8-24(14)16/h10-11,13H,2-9H2,1H3. The number of anilines is 1. The van der Waals surface area contributed by atoms with Crippen LogP contribution in [0.1, 0.15) is 55.5 Å². The van der Waals surface area contributed by atoms with E-state index in [0.717, 1.165) is 55.5 Å². The van der Waals surface area contributed by atoms with Gasteiger partial charge in [0.1, 0.15) is 18.0 Å². The molecule has 3 aromatic rings. The van der Waals surface area contributed by atoms with E-state index < -0.39 is 0 Å². The van der Waals surface area contributed by atoms with Crippen molar-refractivity contribution in [1.82, 2.24) is 34.3 Å². The van der Waals surface area contributed by atoms with Crippen LogP contribution in [0.2, 0.25) is 0 Å². The summed E-state index contributed by atoms with van der Waals surface area (Å²) in [4.78, 5) is 11.1. The Kier molecular flexibility index (Phi) is 3.43. The third-order valence-corrected chi connectivity index (χ3v) is 5.34. The van der Waals surface area contributed by atoms with E-state index in [1.54, 1.807) is 6.33 Å². The fraction of sp³-hybridized carbons (Fsp3) is 0.588. The maximum atomic E-state index is 4.60. The number of aromatic nitrogens is 7. The third kappa shape index (κ3) is 2.39. The minimum Gasteiger partial charge on any atom is -0.346 e. The quantitative estimate of drug-likeness (QED) is 0.712. The Morgan fingerprint density at radius 2 is 2.04 bits per heavy atom. The van der Waals surface area contributed by atoms with E-state index in [2.05, 4.69) is 40.8 Å². The van der Waals surface area contributed by atoms with Gasteiger partial charge in [-0.25, -0.2) is 4.98 Å². The summed E-state index contributed by atoms with van der Waals surface area (Å²) in [6.45, 7) is 4.04. The van der Waals surface area contributed by atoms with Crippen molar-refractivity contribution < 1.29 is 0 Å². The lowest BCUT2D eigenvalue weighted by Gasteiger charge is -2.26. The van der Waals surface area contributed by atoms with Gasteiger partial charge in [-0.15, -0.1) is 10.2 Å². The second kappa shape index (κ2) is 5.79. The molecule has 1 unspecified atom stereocenters. The van der Waals surface area contributed by atoms with Crippen LogP contribution in [-0.4, -0.2) is 40.9 Å². The fourth-order valence-electron chi connectivity index (χ4n) is 4.18. The van der Waals surface area contributed by atoms with Crippen LogP contribution in [0.15, 0.2) is 12.4 Å². The molecular formula is C17H22N8. The molecule has 2 aliphatic heterocycles. The molecule has 1 saturated heterocycles. The zero-order chi connectivity index (χ0) is 16.8. The molecule has 130 valence electrons. The first-order valence-electron chi connectivity index (χ1n) is 9.17. The molecule has 0 radical (unpaired) electrons. The average Bonchev–Trinajstić information content (AvgIpc) is 3.30. The molecule has 5 heterocycles. The molecule has 0 bridgehead atoms. The van der Waals surface area contributed by atoms with Crippen LogP contribution in [-0.2, 0) is 13.0 Å². The van der Waals surface area contributed by atoms with Gasteiger partial charge in [-0.1, -0.05) is 6.42 Å². The van der Waals surface area contributed by atoms with Crippen LogP contribution in [0.5, 0.6) is 0 Å². The highest BCUT2D eigenvalue weighted by Crippen LogP contribution is 2.36. The number of aryl methyl sites for hydroxylation is 2. The van der Waals surface area contributed by atoms with Crippen molar-refractivity contribution in [3.8, 4) is 0 Å². The molecule has 0 aliphatic carbocycles. The molecule has 0 amide bonds. The minimum atomic E-state index is 0.244. The van der Waals surface area contributed by atoms with E-state index in [4.69, 9.17) is 0 Å². The zero-order valence-corrected chi connectivity index (χ0v) is 14.5. The first-order chi connectivity index (χ1) is 12.3. The Morgan fingerprint density at radius 1 is 1.08 bits per heavy atom. The van der Waals surface area contributed by atoms with Crippen LogP contribution < -0.4 is 4.90 Å². The summed E-state index contributed by atoms with van der Waals surface area (Å²) >= 11 is 0. The van der Waals surface area contributed by atoms with Crippen LogP contribution >= 0.6 is 0 Å². The molecule has 1 fully saturated rings. The second-order valence-corrected chi connectivity index (χ2v) is 7.02. The van der Waals surface area contributed by atoms with Crippen LogP contribution in [0.25, 0.3) is 5.78 Å². The molecule has 8 nitrogen and oxygen atoms in total.